The summed E-state index contributed by atoms with van der Waals surface area (Å²) >= 11 is 13.6. The van der Waals surface area contributed by atoms with Crippen molar-refractivity contribution in [1.29, 1.82) is 0 Å². The summed E-state index contributed by atoms with van der Waals surface area (Å²) in [6, 6.07) is 10.8. The molecule has 1 atom stereocenters. The highest BCUT2D eigenvalue weighted by atomic mass is 35.5. The minimum atomic E-state index is -0.285. The van der Waals surface area contributed by atoms with Gasteiger partial charge in [-0.15, -0.1) is 11.8 Å². The molecular formula is C20H21Cl2N3O2S. The molecule has 0 aliphatic carbocycles. The van der Waals surface area contributed by atoms with Crippen LogP contribution in [0.2, 0.25) is 10.0 Å². The van der Waals surface area contributed by atoms with Crippen LogP contribution in [-0.4, -0.2) is 58.0 Å². The van der Waals surface area contributed by atoms with Gasteiger partial charge in [-0.2, -0.15) is 0 Å². The number of carbonyl (C=O) groups is 2. The first-order chi connectivity index (χ1) is 13.4. The van der Waals surface area contributed by atoms with Crippen molar-refractivity contribution >= 4 is 46.8 Å². The maximum Gasteiger partial charge on any atom is 0.235 e. The van der Waals surface area contributed by atoms with Gasteiger partial charge in [0.2, 0.25) is 11.8 Å². The lowest BCUT2D eigenvalue weighted by atomic mass is 10.2. The van der Waals surface area contributed by atoms with Crippen molar-refractivity contribution in [3.8, 4) is 0 Å². The van der Waals surface area contributed by atoms with Gasteiger partial charge in [-0.3, -0.25) is 14.6 Å². The first-order valence-electron chi connectivity index (χ1n) is 9.02. The van der Waals surface area contributed by atoms with Gasteiger partial charge in [-0.1, -0.05) is 29.3 Å². The van der Waals surface area contributed by atoms with E-state index in [1.165, 1.54) is 11.8 Å². The average molecular weight is 438 g/mol. The number of aromatic nitrogens is 1. The van der Waals surface area contributed by atoms with Crippen LogP contribution in [0.1, 0.15) is 12.6 Å². The largest absolute Gasteiger partial charge is 0.339 e. The lowest BCUT2D eigenvalue weighted by Crippen LogP contribution is -2.52. The van der Waals surface area contributed by atoms with E-state index < -0.39 is 0 Å². The molecule has 2 amide bonds. The first kappa shape index (κ1) is 21.0. The number of halogens is 2. The molecule has 5 nitrogen and oxygen atoms in total. The Kier molecular flexibility index (Phi) is 7.21. The zero-order chi connectivity index (χ0) is 20.1. The summed E-state index contributed by atoms with van der Waals surface area (Å²) in [6.45, 7) is 3.99. The van der Waals surface area contributed by atoms with E-state index in [-0.39, 0.29) is 23.5 Å². The topological polar surface area (TPSA) is 53.5 Å². The van der Waals surface area contributed by atoms with Crippen molar-refractivity contribution in [3.05, 3.63) is 58.3 Å². The van der Waals surface area contributed by atoms with Gasteiger partial charge in [0.25, 0.3) is 0 Å². The Hall–Kier alpha value is -1.76. The molecule has 28 heavy (non-hydrogen) atoms. The predicted octanol–water partition coefficient (Wildman–Crippen LogP) is 3.78. The molecule has 2 heterocycles. The molecular weight excluding hydrogens is 417 g/mol. The molecule has 0 bridgehead atoms. The van der Waals surface area contributed by atoms with Crippen molar-refractivity contribution in [1.82, 2.24) is 14.8 Å². The summed E-state index contributed by atoms with van der Waals surface area (Å²) in [4.78, 5) is 33.8. The number of nitrogens with zero attached hydrogens (tertiary/aromatic N) is 3. The van der Waals surface area contributed by atoms with E-state index in [1.807, 2.05) is 25.1 Å². The number of piperazine rings is 1. The van der Waals surface area contributed by atoms with Gasteiger partial charge >= 0.3 is 0 Å². The quantitative estimate of drug-likeness (QED) is 0.667. The highest BCUT2D eigenvalue weighted by Crippen LogP contribution is 2.33. The second kappa shape index (κ2) is 9.63. The SMILES string of the molecule is CC(Sc1cc(Cl)ccc1Cl)C(=O)N1CCN(C(=O)Cc2ccccn2)CC1. The standard InChI is InChI=1S/C20H21Cl2N3O2S/c1-14(28-18-12-15(21)5-6-17(18)22)20(27)25-10-8-24(9-11-25)19(26)13-16-4-2-3-7-23-16/h2-7,12,14H,8-11,13H2,1H3. The van der Waals surface area contributed by atoms with Gasteiger partial charge in [-0.05, 0) is 37.3 Å². The van der Waals surface area contributed by atoms with Crippen molar-refractivity contribution in [2.75, 3.05) is 26.2 Å². The number of pyridine rings is 1. The fourth-order valence-corrected chi connectivity index (χ4v) is 4.51. The third kappa shape index (κ3) is 5.40. The van der Waals surface area contributed by atoms with E-state index in [0.29, 0.717) is 36.2 Å². The molecule has 0 radical (unpaired) electrons. The Bertz CT molecular complexity index is 843. The summed E-state index contributed by atoms with van der Waals surface area (Å²) in [5, 5.41) is 0.886. The first-order valence-corrected chi connectivity index (χ1v) is 10.7. The molecule has 2 aromatic rings. The van der Waals surface area contributed by atoms with Crippen LogP contribution in [0.15, 0.2) is 47.5 Å². The number of amides is 2. The minimum absolute atomic E-state index is 0.0397. The molecule has 1 aromatic carbocycles. The second-order valence-corrected chi connectivity index (χ2v) is 8.77. The molecule has 1 unspecified atom stereocenters. The average Bonchev–Trinajstić information content (AvgIpc) is 2.71. The van der Waals surface area contributed by atoms with Crippen molar-refractivity contribution in [2.45, 2.75) is 23.5 Å². The number of hydrogen-bond donors (Lipinski definition) is 0. The van der Waals surface area contributed by atoms with E-state index in [1.54, 1.807) is 34.2 Å². The Morgan fingerprint density at radius 1 is 1.11 bits per heavy atom. The Morgan fingerprint density at radius 2 is 1.82 bits per heavy atom. The van der Waals surface area contributed by atoms with Gasteiger partial charge in [0.1, 0.15) is 0 Å². The lowest BCUT2D eigenvalue weighted by molar-refractivity contribution is -0.138. The lowest BCUT2D eigenvalue weighted by Gasteiger charge is -2.36. The van der Waals surface area contributed by atoms with Crippen LogP contribution < -0.4 is 0 Å². The fourth-order valence-electron chi connectivity index (χ4n) is 3.01. The summed E-state index contributed by atoms with van der Waals surface area (Å²) < 4.78 is 0. The van der Waals surface area contributed by atoms with Crippen LogP contribution in [0.3, 0.4) is 0 Å². The molecule has 3 rings (SSSR count). The van der Waals surface area contributed by atoms with E-state index in [2.05, 4.69) is 4.98 Å². The van der Waals surface area contributed by atoms with E-state index in [9.17, 15) is 9.59 Å². The highest BCUT2D eigenvalue weighted by Gasteiger charge is 2.27. The van der Waals surface area contributed by atoms with Crippen molar-refractivity contribution in [3.63, 3.8) is 0 Å². The molecule has 1 fully saturated rings. The normalized spacial score (nSPS) is 15.4. The number of hydrogen-bond acceptors (Lipinski definition) is 4. The number of rotatable bonds is 5. The smallest absolute Gasteiger partial charge is 0.235 e. The Morgan fingerprint density at radius 3 is 2.50 bits per heavy atom. The molecule has 0 N–H and O–H groups in total. The van der Waals surface area contributed by atoms with Crippen molar-refractivity contribution < 1.29 is 9.59 Å². The van der Waals surface area contributed by atoms with Crippen molar-refractivity contribution in [2.24, 2.45) is 0 Å². The van der Waals surface area contributed by atoms with Gasteiger partial charge in [-0.25, -0.2) is 0 Å². The highest BCUT2D eigenvalue weighted by molar-refractivity contribution is 8.00. The predicted molar refractivity (Wildman–Crippen MR) is 113 cm³/mol. The fraction of sp³-hybridized carbons (Fsp3) is 0.350. The number of thioether (sulfide) groups is 1. The van der Waals surface area contributed by atoms with E-state index >= 15 is 0 Å². The summed E-state index contributed by atoms with van der Waals surface area (Å²) in [6.07, 6.45) is 1.97. The molecule has 1 aliphatic rings. The van der Waals surface area contributed by atoms with Gasteiger partial charge < -0.3 is 9.80 Å². The van der Waals surface area contributed by atoms with Crippen LogP contribution in [-0.2, 0) is 16.0 Å². The van der Waals surface area contributed by atoms with E-state index in [4.69, 9.17) is 23.2 Å². The summed E-state index contributed by atoms with van der Waals surface area (Å²) in [5.74, 6) is 0.0804. The second-order valence-electron chi connectivity index (χ2n) is 6.54. The maximum absolute atomic E-state index is 12.8. The summed E-state index contributed by atoms with van der Waals surface area (Å²) in [7, 11) is 0. The molecule has 0 spiro atoms. The Labute approximate surface area is 179 Å². The molecule has 0 saturated carbocycles. The monoisotopic (exact) mass is 437 g/mol. The van der Waals surface area contributed by atoms with Crippen LogP contribution in [0.5, 0.6) is 0 Å². The molecule has 148 valence electrons. The molecule has 1 aromatic heterocycles. The van der Waals surface area contributed by atoms with Crippen LogP contribution in [0.25, 0.3) is 0 Å². The zero-order valence-corrected chi connectivity index (χ0v) is 17.8. The van der Waals surface area contributed by atoms with Crippen LogP contribution in [0.4, 0.5) is 0 Å². The van der Waals surface area contributed by atoms with Gasteiger partial charge in [0.15, 0.2) is 0 Å². The van der Waals surface area contributed by atoms with Crippen LogP contribution in [0, 0.1) is 0 Å². The van der Waals surface area contributed by atoms with Crippen LogP contribution >= 0.6 is 35.0 Å². The van der Waals surface area contributed by atoms with E-state index in [0.717, 1.165) is 10.6 Å². The molecule has 1 saturated heterocycles. The third-order valence-electron chi connectivity index (χ3n) is 4.55. The number of benzene rings is 1. The maximum atomic E-state index is 12.8. The zero-order valence-electron chi connectivity index (χ0n) is 15.5. The Balaban J connectivity index is 1.51. The molecule has 8 heteroatoms. The van der Waals surface area contributed by atoms with Gasteiger partial charge in [0.05, 0.1) is 16.7 Å². The van der Waals surface area contributed by atoms with Gasteiger partial charge in [0, 0.05) is 48.0 Å². The number of carbonyl (C=O) groups excluding carboxylic acids is 2. The molecule has 1 aliphatic heterocycles. The third-order valence-corrected chi connectivity index (χ3v) is 6.37. The summed E-state index contributed by atoms with van der Waals surface area (Å²) in [5.41, 5.74) is 0.759. The minimum Gasteiger partial charge on any atom is -0.339 e.